The van der Waals surface area contributed by atoms with Crippen molar-refractivity contribution < 1.29 is 14.3 Å². The number of thioether (sulfide) groups is 2. The summed E-state index contributed by atoms with van der Waals surface area (Å²) in [7, 11) is 0. The molecule has 210 valence electrons. The number of ether oxygens (including phenoxy) is 1. The number of Topliss-reactive ketones (excluding diaryl/α,β-unsaturated/α-hetero) is 2. The topological polar surface area (TPSA) is 43.4 Å². The third-order valence-electron chi connectivity index (χ3n) is 8.22. The van der Waals surface area contributed by atoms with Gasteiger partial charge in [0.25, 0.3) is 0 Å². The molecular formula is C33H48O3S2. The molecule has 0 radical (unpaired) electrons. The number of rotatable bonds is 0. The van der Waals surface area contributed by atoms with Crippen molar-refractivity contribution in [2.45, 2.75) is 109 Å². The van der Waals surface area contributed by atoms with Gasteiger partial charge in [-0.2, -0.15) is 0 Å². The van der Waals surface area contributed by atoms with Crippen molar-refractivity contribution in [1.29, 1.82) is 0 Å². The molecule has 3 nitrogen and oxygen atoms in total. The zero-order valence-electron chi connectivity index (χ0n) is 25.7. The highest BCUT2D eigenvalue weighted by Gasteiger charge is 2.65. The van der Waals surface area contributed by atoms with E-state index in [1.807, 2.05) is 23.5 Å². The number of carbonyl (C=O) groups is 2. The molecule has 0 saturated carbocycles. The second-order valence-corrected chi connectivity index (χ2v) is 19.3. The molecule has 0 amide bonds. The van der Waals surface area contributed by atoms with E-state index < -0.39 is 9.49 Å². The highest BCUT2D eigenvalue weighted by Crippen LogP contribution is 2.72. The Kier molecular flexibility index (Phi) is 7.07. The molecule has 4 aliphatic rings. The van der Waals surface area contributed by atoms with Crippen molar-refractivity contribution in [2.24, 2.45) is 21.7 Å². The molecule has 0 unspecified atom stereocenters. The van der Waals surface area contributed by atoms with Crippen LogP contribution in [0.15, 0.2) is 46.6 Å². The molecule has 0 bridgehead atoms. The molecule has 0 N–H and O–H groups in total. The summed E-state index contributed by atoms with van der Waals surface area (Å²) in [5.74, 6) is 0.326. The molecule has 2 heterocycles. The Balaban J connectivity index is 2.14. The average molecular weight is 557 g/mol. The van der Waals surface area contributed by atoms with Crippen LogP contribution in [0, 0.1) is 21.7 Å². The third kappa shape index (κ3) is 4.98. The van der Waals surface area contributed by atoms with Crippen LogP contribution in [0.1, 0.15) is 95.9 Å². The molecule has 3 spiro atoms. The van der Waals surface area contributed by atoms with E-state index in [1.165, 1.54) is 0 Å². The predicted octanol–water partition coefficient (Wildman–Crippen LogP) is 8.51. The molecule has 0 aromatic rings. The van der Waals surface area contributed by atoms with Crippen molar-refractivity contribution in [3.05, 3.63) is 46.6 Å². The largest absolute Gasteiger partial charge is 0.381 e. The van der Waals surface area contributed by atoms with Crippen LogP contribution < -0.4 is 0 Å². The summed E-state index contributed by atoms with van der Waals surface area (Å²) in [5, 5.41) is 0. The van der Waals surface area contributed by atoms with E-state index in [1.54, 1.807) is 0 Å². The first-order valence-electron chi connectivity index (χ1n) is 14.1. The van der Waals surface area contributed by atoms with Gasteiger partial charge in [0.15, 0.2) is 11.6 Å². The lowest BCUT2D eigenvalue weighted by atomic mass is 9.65. The van der Waals surface area contributed by atoms with E-state index in [2.05, 4.69) is 107 Å². The van der Waals surface area contributed by atoms with E-state index in [9.17, 15) is 9.59 Å². The van der Waals surface area contributed by atoms with Crippen LogP contribution in [-0.2, 0) is 14.3 Å². The van der Waals surface area contributed by atoms with Gasteiger partial charge in [0.2, 0.25) is 0 Å². The zero-order chi connectivity index (χ0) is 28.7. The number of allylic oxidation sites excluding steroid dienone is 4. The Morgan fingerprint density at radius 2 is 0.816 bits per heavy atom. The summed E-state index contributed by atoms with van der Waals surface area (Å²) >= 11 is 4.02. The molecule has 38 heavy (non-hydrogen) atoms. The first-order chi connectivity index (χ1) is 17.1. The van der Waals surface area contributed by atoms with Crippen molar-refractivity contribution >= 4 is 35.1 Å². The lowest BCUT2D eigenvalue weighted by Crippen LogP contribution is -2.48. The van der Waals surface area contributed by atoms with Crippen LogP contribution in [0.5, 0.6) is 0 Å². The monoisotopic (exact) mass is 556 g/mol. The van der Waals surface area contributed by atoms with E-state index in [0.29, 0.717) is 0 Å². The van der Waals surface area contributed by atoms with Crippen molar-refractivity contribution in [2.75, 3.05) is 13.2 Å². The van der Waals surface area contributed by atoms with Gasteiger partial charge in [-0.25, -0.2) is 0 Å². The van der Waals surface area contributed by atoms with Gasteiger partial charge < -0.3 is 4.74 Å². The predicted molar refractivity (Wildman–Crippen MR) is 164 cm³/mol. The van der Waals surface area contributed by atoms with Crippen molar-refractivity contribution in [3.8, 4) is 0 Å². The third-order valence-corrected chi connectivity index (χ3v) is 12.2. The molecule has 2 aliphatic carbocycles. The first-order valence-corrected chi connectivity index (χ1v) is 15.7. The fourth-order valence-electron chi connectivity index (χ4n) is 5.97. The van der Waals surface area contributed by atoms with E-state index in [4.69, 9.17) is 4.74 Å². The van der Waals surface area contributed by atoms with Gasteiger partial charge in [-0.15, -0.1) is 23.5 Å². The van der Waals surface area contributed by atoms with E-state index >= 15 is 0 Å². The fraction of sp³-hybridized carbons (Fsp3) is 0.697. The number of fused-ring (bicyclic) bond motifs is 1. The number of carbonyl (C=O) groups excluding carboxylic acids is 2. The lowest BCUT2D eigenvalue weighted by molar-refractivity contribution is -0.115. The van der Waals surface area contributed by atoms with Crippen molar-refractivity contribution in [3.63, 3.8) is 0 Å². The summed E-state index contributed by atoms with van der Waals surface area (Å²) in [4.78, 5) is 28.1. The Morgan fingerprint density at radius 1 is 0.553 bits per heavy atom. The Morgan fingerprint density at radius 3 is 1.05 bits per heavy atom. The van der Waals surface area contributed by atoms with Gasteiger partial charge in [-0.3, -0.25) is 9.59 Å². The van der Waals surface area contributed by atoms with Crippen LogP contribution in [0.2, 0.25) is 0 Å². The molecular weight excluding hydrogens is 508 g/mol. The number of hydrogen-bond donors (Lipinski definition) is 0. The quantitative estimate of drug-likeness (QED) is 0.299. The normalized spacial score (nSPS) is 25.5. The first kappa shape index (κ1) is 29.9. The maximum Gasteiger partial charge on any atom is 0.185 e. The van der Waals surface area contributed by atoms with Gasteiger partial charge in [0.1, 0.15) is 0 Å². The Hall–Kier alpha value is -1.04. The minimum absolute atomic E-state index is 0.0585. The highest BCUT2D eigenvalue weighted by molar-refractivity contribution is 8.23. The Labute approximate surface area is 239 Å². The van der Waals surface area contributed by atoms with Gasteiger partial charge in [-0.1, -0.05) is 107 Å². The number of hydrogen-bond acceptors (Lipinski definition) is 5. The average Bonchev–Trinajstić information content (AvgIpc) is 2.96. The van der Waals surface area contributed by atoms with Crippen LogP contribution in [-0.4, -0.2) is 38.4 Å². The molecule has 2 saturated heterocycles. The maximum absolute atomic E-state index is 14.0. The van der Waals surface area contributed by atoms with Crippen LogP contribution in [0.4, 0.5) is 0 Å². The van der Waals surface area contributed by atoms with Crippen LogP contribution in [0.3, 0.4) is 0 Å². The minimum atomic E-state index is -0.498. The second-order valence-electron chi connectivity index (χ2n) is 15.7. The standard InChI is InChI=1S/C33H48O3S2/c1-27(2,3)21-17-31(18-22(25(21)34)28(4,5)6)32(38-33(37-31)13-15-36-16-14-33)19-23(29(7,8)9)26(35)24(20-32)30(10,11)12/h17-20H,13-16H2,1-12H3. The molecule has 2 aliphatic heterocycles. The molecule has 5 heteroatoms. The van der Waals surface area contributed by atoms with Crippen LogP contribution >= 0.6 is 23.5 Å². The van der Waals surface area contributed by atoms with E-state index in [0.717, 1.165) is 48.3 Å². The highest BCUT2D eigenvalue weighted by atomic mass is 32.2. The van der Waals surface area contributed by atoms with Gasteiger partial charge >= 0.3 is 0 Å². The van der Waals surface area contributed by atoms with Gasteiger partial charge in [0, 0.05) is 35.5 Å². The lowest BCUT2D eigenvalue weighted by Gasteiger charge is -2.46. The summed E-state index contributed by atoms with van der Waals surface area (Å²) in [6.45, 7) is 27.3. The molecule has 0 aromatic heterocycles. The van der Waals surface area contributed by atoms with Crippen molar-refractivity contribution in [1.82, 2.24) is 0 Å². The smallest absolute Gasteiger partial charge is 0.185 e. The Bertz CT molecular complexity index is 1010. The van der Waals surface area contributed by atoms with Gasteiger partial charge in [0.05, 0.1) is 13.6 Å². The summed E-state index contributed by atoms with van der Waals surface area (Å²) in [5.41, 5.74) is 2.33. The summed E-state index contributed by atoms with van der Waals surface area (Å²) < 4.78 is 4.79. The maximum atomic E-state index is 14.0. The van der Waals surface area contributed by atoms with E-state index in [-0.39, 0.29) is 37.3 Å². The molecule has 0 aromatic carbocycles. The van der Waals surface area contributed by atoms with Crippen LogP contribution in [0.25, 0.3) is 0 Å². The zero-order valence-corrected chi connectivity index (χ0v) is 27.3. The summed E-state index contributed by atoms with van der Waals surface area (Å²) in [6.07, 6.45) is 11.1. The summed E-state index contributed by atoms with van der Waals surface area (Å²) in [6, 6.07) is 0. The molecule has 4 rings (SSSR count). The molecule has 0 atom stereocenters. The van der Waals surface area contributed by atoms with Gasteiger partial charge in [-0.05, 0) is 34.5 Å². The SMILES string of the molecule is CC(C)(C)C1=CC2(C=C(C(C)(C)C)C1=O)SC1(CCOCC1)SC21C=C(C(C)(C)C)C(=O)C(C(C)(C)C)=C1. The minimum Gasteiger partial charge on any atom is -0.381 e. The second kappa shape index (κ2) is 8.98. The molecule has 2 fully saturated rings. The fourth-order valence-corrected chi connectivity index (χ4v) is 10.5. The number of ketones is 2.